The van der Waals surface area contributed by atoms with Crippen molar-refractivity contribution in [3.8, 4) is 16.9 Å². The van der Waals surface area contributed by atoms with Crippen LogP contribution in [0.1, 0.15) is 112 Å². The van der Waals surface area contributed by atoms with Gasteiger partial charge < -0.3 is 24.5 Å². The number of rotatable bonds is 15. The third-order valence-electron chi connectivity index (χ3n) is 12.9. The van der Waals surface area contributed by atoms with Crippen LogP contribution >= 0.6 is 0 Å². The van der Waals surface area contributed by atoms with E-state index < -0.39 is 29.7 Å². The van der Waals surface area contributed by atoms with Gasteiger partial charge in [0.25, 0.3) is 23.3 Å². The van der Waals surface area contributed by atoms with Crippen LogP contribution in [0.5, 0.6) is 5.75 Å². The van der Waals surface area contributed by atoms with Crippen LogP contribution in [-0.4, -0.2) is 99.2 Å². The number of aryl methyl sites for hydroxylation is 3. The van der Waals surface area contributed by atoms with Gasteiger partial charge in [-0.15, -0.1) is 0 Å². The number of aromatic amines is 1. The van der Waals surface area contributed by atoms with Gasteiger partial charge in [0.05, 0.1) is 17.7 Å². The van der Waals surface area contributed by atoms with Crippen LogP contribution in [0.25, 0.3) is 22.0 Å². The van der Waals surface area contributed by atoms with Gasteiger partial charge in [0, 0.05) is 90.9 Å². The van der Waals surface area contributed by atoms with E-state index >= 15 is 0 Å². The molecule has 5 aromatic rings. The number of hydrogen-bond donors (Lipinski definition) is 3. The molecule has 0 aliphatic carbocycles. The first-order chi connectivity index (χ1) is 30.8. The van der Waals surface area contributed by atoms with Crippen molar-refractivity contribution in [2.75, 3.05) is 44.2 Å². The number of ether oxygens (including phenoxy) is 1. The van der Waals surface area contributed by atoms with Gasteiger partial charge in [-0.3, -0.25) is 43.9 Å². The Morgan fingerprint density at radius 2 is 1.72 bits per heavy atom. The number of pyridine rings is 2. The number of piperidine rings is 1. The molecule has 3 N–H and O–H groups in total. The zero-order valence-electron chi connectivity index (χ0n) is 37.2. The molecular weight excluding hydrogens is 813 g/mol. The lowest BCUT2D eigenvalue weighted by molar-refractivity contribution is -0.136. The summed E-state index contributed by atoms with van der Waals surface area (Å²) in [7, 11) is 0. The van der Waals surface area contributed by atoms with Gasteiger partial charge >= 0.3 is 0 Å². The topological polar surface area (TPSA) is 179 Å². The van der Waals surface area contributed by atoms with Gasteiger partial charge in [0.15, 0.2) is 0 Å². The van der Waals surface area contributed by atoms with Crippen molar-refractivity contribution >= 4 is 46.3 Å². The quantitative estimate of drug-likeness (QED) is 0.0837. The van der Waals surface area contributed by atoms with Crippen LogP contribution in [0, 0.1) is 20.8 Å². The number of H-pyrrole nitrogens is 1. The first-order valence-corrected chi connectivity index (χ1v) is 22.4. The molecule has 2 aromatic carbocycles. The summed E-state index contributed by atoms with van der Waals surface area (Å²) in [5.74, 6) is -1.18. The summed E-state index contributed by atoms with van der Waals surface area (Å²) in [6, 6.07) is 14.2. The average Bonchev–Trinajstić information content (AvgIpc) is 3.75. The number of carbonyl (C=O) groups excluding carboxylic acids is 5. The third-order valence-corrected chi connectivity index (χ3v) is 12.9. The summed E-state index contributed by atoms with van der Waals surface area (Å²) in [6.45, 7) is 15.1. The molecule has 2 unspecified atom stereocenters. The number of piperazine rings is 1. The van der Waals surface area contributed by atoms with E-state index in [1.807, 2.05) is 39.1 Å². The predicted octanol–water partition coefficient (Wildman–Crippen LogP) is 5.99. The number of imide groups is 2. The zero-order chi connectivity index (χ0) is 45.2. The summed E-state index contributed by atoms with van der Waals surface area (Å²) in [5.41, 5.74) is 6.72. The second-order valence-electron chi connectivity index (χ2n) is 17.3. The van der Waals surface area contributed by atoms with Gasteiger partial charge in [-0.05, 0) is 125 Å². The van der Waals surface area contributed by atoms with Crippen LogP contribution in [-0.2, 0) is 16.1 Å². The smallest absolute Gasteiger partial charge is 0.266 e. The number of carbonyl (C=O) groups is 5. The van der Waals surface area contributed by atoms with Crippen molar-refractivity contribution in [1.82, 2.24) is 35.0 Å². The van der Waals surface area contributed by atoms with E-state index in [1.54, 1.807) is 18.2 Å². The maximum atomic E-state index is 14.0. The highest BCUT2D eigenvalue weighted by Crippen LogP contribution is 2.35. The van der Waals surface area contributed by atoms with E-state index in [1.165, 1.54) is 0 Å². The molecule has 3 aliphatic rings. The van der Waals surface area contributed by atoms with Crippen molar-refractivity contribution in [1.29, 1.82) is 0 Å². The number of benzene rings is 2. The highest BCUT2D eigenvalue weighted by Gasteiger charge is 2.46. The molecule has 0 spiro atoms. The lowest BCUT2D eigenvalue weighted by Crippen LogP contribution is -2.54. The van der Waals surface area contributed by atoms with E-state index in [9.17, 15) is 28.8 Å². The summed E-state index contributed by atoms with van der Waals surface area (Å²) < 4.78 is 8.27. The first-order valence-electron chi connectivity index (χ1n) is 22.4. The third kappa shape index (κ3) is 8.81. The number of aromatic nitrogens is 3. The number of fused-ring (bicyclic) bond motifs is 2. The van der Waals surface area contributed by atoms with Crippen LogP contribution in [0.2, 0.25) is 0 Å². The van der Waals surface area contributed by atoms with Gasteiger partial charge in [0.1, 0.15) is 17.6 Å². The number of anilines is 1. The number of hydrogen-bond acceptors (Lipinski definition) is 10. The average molecular weight is 869 g/mol. The SMILES string of the molecule is CCC(C)n1cc(C)c2c(C(=O)NCc3c(C)cc(C)[nH]c3=O)cc(-c3ccc(N4CCN(CCCCCOc5cccc6c5C(=O)N(C5CCC(=O)NC5=O)C6=O)CC4)nc3)cc21. The Kier molecular flexibility index (Phi) is 12.8. The fourth-order valence-electron chi connectivity index (χ4n) is 9.20. The monoisotopic (exact) mass is 868 g/mol. The standard InChI is InChI=1S/C49H56N8O7/c1-6-32(5)56-28-30(3)43-36(45(59)51-27-37-29(2)23-31(4)52-46(37)60)24-34(25-39(43)56)33-13-15-41(50-26-33)55-20-18-54(19-21-55)17-8-7-9-22-64-40-12-10-11-35-44(40)49(63)57(48(35)62)38-14-16-42(58)53-47(38)61/h10-13,15,23-26,28,32,38H,6-9,14,16-22,27H2,1-5H3,(H,51,59)(H,52,60)(H,53,58,61). The molecule has 15 heteroatoms. The van der Waals surface area contributed by atoms with E-state index in [2.05, 4.69) is 68.2 Å². The van der Waals surface area contributed by atoms with Gasteiger partial charge in [-0.1, -0.05) is 13.0 Å². The van der Waals surface area contributed by atoms with Crippen molar-refractivity contribution in [2.24, 2.45) is 0 Å². The number of unbranched alkanes of at least 4 members (excludes halogenated alkanes) is 2. The molecule has 3 aromatic heterocycles. The molecule has 3 aliphatic heterocycles. The molecule has 0 bridgehead atoms. The Hall–Kier alpha value is -6.61. The first kappa shape index (κ1) is 44.0. The van der Waals surface area contributed by atoms with Crippen molar-refractivity contribution in [3.05, 3.63) is 110 Å². The molecule has 0 radical (unpaired) electrons. The summed E-state index contributed by atoms with van der Waals surface area (Å²) in [6.07, 6.45) is 7.80. The molecule has 64 heavy (non-hydrogen) atoms. The maximum absolute atomic E-state index is 14.0. The number of nitrogens with zero attached hydrogens (tertiary/aromatic N) is 5. The second-order valence-corrected chi connectivity index (χ2v) is 17.3. The number of amides is 5. The Balaban J connectivity index is 0.844. The Morgan fingerprint density at radius 1 is 0.922 bits per heavy atom. The molecule has 15 nitrogen and oxygen atoms in total. The predicted molar refractivity (Wildman–Crippen MR) is 244 cm³/mol. The maximum Gasteiger partial charge on any atom is 0.266 e. The Labute approximate surface area is 372 Å². The molecule has 2 atom stereocenters. The minimum Gasteiger partial charge on any atom is -0.493 e. The van der Waals surface area contributed by atoms with Gasteiger partial charge in [0.2, 0.25) is 11.8 Å². The summed E-state index contributed by atoms with van der Waals surface area (Å²) in [4.78, 5) is 90.8. The van der Waals surface area contributed by atoms with Gasteiger partial charge in [-0.25, -0.2) is 4.98 Å². The Morgan fingerprint density at radius 3 is 2.44 bits per heavy atom. The molecule has 5 amide bonds. The molecule has 2 fully saturated rings. The fraction of sp³-hybridized carbons (Fsp3) is 0.408. The molecule has 6 heterocycles. The van der Waals surface area contributed by atoms with Crippen molar-refractivity contribution in [2.45, 2.75) is 91.8 Å². The Bertz CT molecular complexity index is 2700. The van der Waals surface area contributed by atoms with E-state index in [-0.39, 0.29) is 48.0 Å². The zero-order valence-corrected chi connectivity index (χ0v) is 37.2. The molecule has 0 saturated carbocycles. The normalized spacial score (nSPS) is 17.2. The summed E-state index contributed by atoms with van der Waals surface area (Å²) >= 11 is 0. The number of nitrogens with one attached hydrogen (secondary N) is 3. The largest absolute Gasteiger partial charge is 0.493 e. The van der Waals surface area contributed by atoms with E-state index in [4.69, 9.17) is 9.72 Å². The highest BCUT2D eigenvalue weighted by atomic mass is 16.5. The minimum absolute atomic E-state index is 0.0650. The van der Waals surface area contributed by atoms with E-state index in [0.29, 0.717) is 23.5 Å². The lowest BCUT2D eigenvalue weighted by atomic mass is 9.98. The molecular formula is C49H56N8O7. The van der Waals surface area contributed by atoms with Crippen LogP contribution in [0.15, 0.2) is 65.7 Å². The molecule has 8 rings (SSSR count). The summed E-state index contributed by atoms with van der Waals surface area (Å²) in [5, 5.41) is 6.16. The highest BCUT2D eigenvalue weighted by molar-refractivity contribution is 6.24. The van der Waals surface area contributed by atoms with Crippen molar-refractivity contribution < 1.29 is 28.7 Å². The van der Waals surface area contributed by atoms with Crippen LogP contribution in [0.3, 0.4) is 0 Å². The lowest BCUT2D eigenvalue weighted by Gasteiger charge is -2.35. The van der Waals surface area contributed by atoms with Crippen molar-refractivity contribution in [3.63, 3.8) is 0 Å². The second kappa shape index (κ2) is 18.6. The van der Waals surface area contributed by atoms with Crippen LogP contribution < -0.4 is 25.8 Å². The van der Waals surface area contributed by atoms with Crippen LogP contribution in [0.4, 0.5) is 5.82 Å². The van der Waals surface area contributed by atoms with Gasteiger partial charge in [-0.2, -0.15) is 0 Å². The molecule has 334 valence electrons. The minimum atomic E-state index is -1.02. The molecule has 2 saturated heterocycles. The fourth-order valence-corrected chi connectivity index (χ4v) is 9.20. The van der Waals surface area contributed by atoms with E-state index in [0.717, 1.165) is 108 Å².